The molecular weight excluding hydrogens is 230 g/mol. The van der Waals surface area contributed by atoms with Crippen LogP contribution >= 0.6 is 11.3 Å². The van der Waals surface area contributed by atoms with Crippen molar-refractivity contribution in [3.63, 3.8) is 0 Å². The average molecular weight is 251 g/mol. The van der Waals surface area contributed by atoms with E-state index in [0.717, 1.165) is 6.54 Å². The molecule has 0 aliphatic carbocycles. The molecule has 17 heavy (non-hydrogen) atoms. The fourth-order valence-electron chi connectivity index (χ4n) is 2.08. The molecule has 0 aliphatic rings. The summed E-state index contributed by atoms with van der Waals surface area (Å²) in [7, 11) is 2.04. The van der Waals surface area contributed by atoms with Gasteiger partial charge in [0.15, 0.2) is 0 Å². The molecule has 1 rings (SSSR count). The van der Waals surface area contributed by atoms with E-state index in [0.29, 0.717) is 0 Å². The van der Waals surface area contributed by atoms with E-state index in [2.05, 4.69) is 30.0 Å². The first-order valence-electron chi connectivity index (χ1n) is 5.87. The van der Waals surface area contributed by atoms with Crippen LogP contribution in [-0.2, 0) is 0 Å². The van der Waals surface area contributed by atoms with Gasteiger partial charge in [-0.3, -0.25) is 4.90 Å². The van der Waals surface area contributed by atoms with E-state index in [1.807, 2.05) is 20.9 Å². The molecular formula is C13H21N3S. The number of aryl methyl sites for hydroxylation is 1. The van der Waals surface area contributed by atoms with Gasteiger partial charge in [-0.2, -0.15) is 5.26 Å². The molecule has 94 valence electrons. The molecule has 0 fully saturated rings. The van der Waals surface area contributed by atoms with Gasteiger partial charge in [0.25, 0.3) is 0 Å². The highest BCUT2D eigenvalue weighted by Gasteiger charge is 2.23. The van der Waals surface area contributed by atoms with Crippen molar-refractivity contribution in [1.29, 1.82) is 5.26 Å². The van der Waals surface area contributed by atoms with E-state index < -0.39 is 0 Å². The maximum absolute atomic E-state index is 8.87. The summed E-state index contributed by atoms with van der Waals surface area (Å²) in [6.45, 7) is 6.81. The summed E-state index contributed by atoms with van der Waals surface area (Å²) in [5.41, 5.74) is 6.08. The summed E-state index contributed by atoms with van der Waals surface area (Å²) >= 11 is 1.78. The fourth-order valence-corrected chi connectivity index (χ4v) is 3.24. The van der Waals surface area contributed by atoms with E-state index in [4.69, 9.17) is 11.0 Å². The van der Waals surface area contributed by atoms with Crippen molar-refractivity contribution in [3.05, 3.63) is 21.9 Å². The van der Waals surface area contributed by atoms with E-state index in [1.54, 1.807) is 11.3 Å². The molecule has 3 nitrogen and oxygen atoms in total. The molecule has 3 atom stereocenters. The van der Waals surface area contributed by atoms with Gasteiger partial charge in [-0.1, -0.05) is 0 Å². The Labute approximate surface area is 108 Å². The van der Waals surface area contributed by atoms with Crippen LogP contribution in [0, 0.1) is 24.2 Å². The molecule has 0 radical (unpaired) electrons. The lowest BCUT2D eigenvalue weighted by Gasteiger charge is -2.31. The molecule has 0 aromatic carbocycles. The number of thiophene rings is 1. The van der Waals surface area contributed by atoms with Gasteiger partial charge in [0.2, 0.25) is 0 Å². The summed E-state index contributed by atoms with van der Waals surface area (Å²) in [5, 5.41) is 8.87. The highest BCUT2D eigenvalue weighted by molar-refractivity contribution is 7.12. The fraction of sp³-hybridized carbons (Fsp3) is 0.615. The SMILES string of the molecule is Cc1ccc(C(C(C)N)N(C)CC(C)C#N)s1. The van der Waals surface area contributed by atoms with Crippen molar-refractivity contribution < 1.29 is 0 Å². The molecule has 4 heteroatoms. The Morgan fingerprint density at radius 1 is 1.47 bits per heavy atom. The second-order valence-electron chi connectivity index (χ2n) is 4.72. The third-order valence-electron chi connectivity index (χ3n) is 2.81. The first-order valence-corrected chi connectivity index (χ1v) is 6.69. The molecule has 0 bridgehead atoms. The summed E-state index contributed by atoms with van der Waals surface area (Å²) in [5.74, 6) is 0.0299. The lowest BCUT2D eigenvalue weighted by Crippen LogP contribution is -2.38. The lowest BCUT2D eigenvalue weighted by molar-refractivity contribution is 0.208. The first kappa shape index (κ1) is 14.2. The first-order chi connectivity index (χ1) is 7.95. The van der Waals surface area contributed by atoms with E-state index >= 15 is 0 Å². The Morgan fingerprint density at radius 2 is 2.12 bits per heavy atom. The third-order valence-corrected chi connectivity index (χ3v) is 3.88. The zero-order valence-corrected chi connectivity index (χ0v) is 11.8. The molecule has 1 aromatic heterocycles. The van der Waals surface area contributed by atoms with Crippen LogP contribution < -0.4 is 5.73 Å². The minimum atomic E-state index is 0.0299. The number of rotatable bonds is 5. The zero-order chi connectivity index (χ0) is 13.0. The van der Waals surface area contributed by atoms with E-state index in [-0.39, 0.29) is 18.0 Å². The maximum Gasteiger partial charge on any atom is 0.0666 e. The Kier molecular flexibility index (Phi) is 5.13. The minimum Gasteiger partial charge on any atom is -0.326 e. The predicted octanol–water partition coefficient (Wildman–Crippen LogP) is 2.54. The molecule has 1 aromatic rings. The van der Waals surface area contributed by atoms with Gasteiger partial charge in [0.1, 0.15) is 0 Å². The number of likely N-dealkylation sites (N-methyl/N-ethyl adjacent to an activating group) is 1. The standard InChI is InChI=1S/C13H21N3S/c1-9(7-14)8-16(4)13(11(3)15)12-6-5-10(2)17-12/h5-6,9,11,13H,8,15H2,1-4H3. The number of hydrogen-bond donors (Lipinski definition) is 1. The monoisotopic (exact) mass is 251 g/mol. The van der Waals surface area contributed by atoms with Crippen molar-refractivity contribution in [3.8, 4) is 6.07 Å². The summed E-state index contributed by atoms with van der Waals surface area (Å²) in [4.78, 5) is 4.77. The van der Waals surface area contributed by atoms with Crippen LogP contribution in [0.25, 0.3) is 0 Å². The van der Waals surface area contributed by atoms with Crippen LogP contribution in [0.5, 0.6) is 0 Å². The molecule has 0 aliphatic heterocycles. The highest BCUT2D eigenvalue weighted by atomic mass is 32.1. The lowest BCUT2D eigenvalue weighted by atomic mass is 10.1. The Balaban J connectivity index is 2.83. The quantitative estimate of drug-likeness (QED) is 0.875. The topological polar surface area (TPSA) is 53.0 Å². The minimum absolute atomic E-state index is 0.0299. The van der Waals surface area contributed by atoms with Gasteiger partial charge in [-0.05, 0) is 40.0 Å². The van der Waals surface area contributed by atoms with Crippen molar-refractivity contribution in [2.24, 2.45) is 11.7 Å². The Hall–Kier alpha value is -0.890. The predicted molar refractivity (Wildman–Crippen MR) is 72.9 cm³/mol. The second kappa shape index (κ2) is 6.15. The third kappa shape index (κ3) is 3.81. The van der Waals surface area contributed by atoms with Crippen LogP contribution in [0.4, 0.5) is 0 Å². The summed E-state index contributed by atoms with van der Waals surface area (Å²) in [6.07, 6.45) is 0. The van der Waals surface area contributed by atoms with Crippen LogP contribution in [0.15, 0.2) is 12.1 Å². The maximum atomic E-state index is 8.87. The van der Waals surface area contributed by atoms with Crippen molar-refractivity contribution in [2.75, 3.05) is 13.6 Å². The van der Waals surface area contributed by atoms with Gasteiger partial charge >= 0.3 is 0 Å². The zero-order valence-electron chi connectivity index (χ0n) is 11.0. The average Bonchev–Trinajstić information content (AvgIpc) is 2.64. The van der Waals surface area contributed by atoms with Gasteiger partial charge in [0.05, 0.1) is 18.0 Å². The van der Waals surface area contributed by atoms with E-state index in [9.17, 15) is 0 Å². The molecule has 0 amide bonds. The molecule has 2 N–H and O–H groups in total. The number of nitrogens with two attached hydrogens (primary N) is 1. The smallest absolute Gasteiger partial charge is 0.0666 e. The van der Waals surface area contributed by atoms with Crippen LogP contribution in [-0.4, -0.2) is 24.5 Å². The Morgan fingerprint density at radius 3 is 2.53 bits per heavy atom. The molecule has 0 saturated heterocycles. The summed E-state index contributed by atoms with van der Waals surface area (Å²) < 4.78 is 0. The molecule has 0 saturated carbocycles. The largest absolute Gasteiger partial charge is 0.326 e. The normalized spacial score (nSPS) is 16.5. The van der Waals surface area contributed by atoms with Gasteiger partial charge in [-0.15, -0.1) is 11.3 Å². The van der Waals surface area contributed by atoms with Gasteiger partial charge in [0, 0.05) is 22.3 Å². The van der Waals surface area contributed by atoms with Crippen molar-refractivity contribution >= 4 is 11.3 Å². The van der Waals surface area contributed by atoms with Crippen molar-refractivity contribution in [1.82, 2.24) is 4.90 Å². The number of nitriles is 1. The molecule has 3 unspecified atom stereocenters. The number of nitrogens with zero attached hydrogens (tertiary/aromatic N) is 2. The molecule has 0 spiro atoms. The van der Waals surface area contributed by atoms with Gasteiger partial charge in [-0.25, -0.2) is 0 Å². The van der Waals surface area contributed by atoms with Crippen LogP contribution in [0.2, 0.25) is 0 Å². The van der Waals surface area contributed by atoms with Crippen LogP contribution in [0.1, 0.15) is 29.6 Å². The molecule has 1 heterocycles. The second-order valence-corrected chi connectivity index (χ2v) is 6.04. The Bertz CT molecular complexity index is 392. The van der Waals surface area contributed by atoms with E-state index in [1.165, 1.54) is 9.75 Å². The van der Waals surface area contributed by atoms with Crippen molar-refractivity contribution in [2.45, 2.75) is 32.9 Å². The highest BCUT2D eigenvalue weighted by Crippen LogP contribution is 2.29. The summed E-state index contributed by atoms with van der Waals surface area (Å²) in [6, 6.07) is 6.79. The number of hydrogen-bond acceptors (Lipinski definition) is 4. The van der Waals surface area contributed by atoms with Crippen LogP contribution in [0.3, 0.4) is 0 Å². The van der Waals surface area contributed by atoms with Gasteiger partial charge < -0.3 is 5.73 Å².